The van der Waals surface area contributed by atoms with Crippen molar-refractivity contribution in [2.45, 2.75) is 13.5 Å². The van der Waals surface area contributed by atoms with Crippen molar-refractivity contribution < 1.29 is 14.4 Å². The van der Waals surface area contributed by atoms with Crippen LogP contribution in [0.1, 0.15) is 23.6 Å². The first kappa shape index (κ1) is 23.1. The molecule has 0 saturated heterocycles. The van der Waals surface area contributed by atoms with Crippen LogP contribution in [-0.4, -0.2) is 11.5 Å². The van der Waals surface area contributed by atoms with Crippen LogP contribution in [0.25, 0.3) is 11.6 Å². The van der Waals surface area contributed by atoms with E-state index >= 15 is 0 Å². The number of allylic oxidation sites excluding steroid dienone is 1. The van der Waals surface area contributed by atoms with E-state index in [0.717, 1.165) is 5.56 Å². The maximum atomic E-state index is 11.1. The average molecular weight is 469 g/mol. The molecule has 0 heterocycles. The van der Waals surface area contributed by atoms with Gasteiger partial charge in [-0.1, -0.05) is 53.5 Å². The number of nitro groups is 1. The fourth-order valence-electron chi connectivity index (χ4n) is 2.97. The molecule has 0 aliphatic rings. The van der Waals surface area contributed by atoms with Gasteiger partial charge >= 0.3 is 0 Å². The molecule has 6 nitrogen and oxygen atoms in total. The molecule has 0 atom stereocenters. The fourth-order valence-corrected chi connectivity index (χ4v) is 3.44. The van der Waals surface area contributed by atoms with Crippen LogP contribution in [0.3, 0.4) is 0 Å². The van der Waals surface area contributed by atoms with Crippen molar-refractivity contribution in [1.29, 1.82) is 5.26 Å². The minimum Gasteiger partial charge on any atom is -0.490 e. The van der Waals surface area contributed by atoms with Crippen LogP contribution in [0.5, 0.6) is 11.5 Å². The van der Waals surface area contributed by atoms with Crippen molar-refractivity contribution >= 4 is 40.5 Å². The quantitative estimate of drug-likeness (QED) is 0.154. The highest BCUT2D eigenvalue weighted by molar-refractivity contribution is 6.32. The largest absolute Gasteiger partial charge is 0.490 e. The van der Waals surface area contributed by atoms with E-state index in [1.54, 1.807) is 30.3 Å². The van der Waals surface area contributed by atoms with Crippen molar-refractivity contribution in [2.75, 3.05) is 6.61 Å². The highest BCUT2D eigenvalue weighted by atomic mass is 35.5. The number of ether oxygens (including phenoxy) is 2. The topological polar surface area (TPSA) is 85.4 Å². The summed E-state index contributed by atoms with van der Waals surface area (Å²) in [5.74, 6) is 0.772. The molecule has 0 N–H and O–H groups in total. The number of nitrogens with zero attached hydrogens (tertiary/aromatic N) is 2. The molecule has 3 rings (SSSR count). The Hall–Kier alpha value is -3.53. The Balaban J connectivity index is 1.95. The average Bonchev–Trinajstić information content (AvgIpc) is 2.78. The van der Waals surface area contributed by atoms with Gasteiger partial charge in [-0.25, -0.2) is 0 Å². The molecule has 162 valence electrons. The van der Waals surface area contributed by atoms with Gasteiger partial charge in [0.2, 0.25) is 0 Å². The first-order valence-electron chi connectivity index (χ1n) is 9.62. The smallest absolute Gasteiger partial charge is 0.270 e. The molecule has 0 aromatic heterocycles. The Morgan fingerprint density at radius 1 is 1.09 bits per heavy atom. The zero-order valence-electron chi connectivity index (χ0n) is 17.0. The Morgan fingerprint density at radius 2 is 1.88 bits per heavy atom. The first-order valence-corrected chi connectivity index (χ1v) is 10.4. The molecule has 0 unspecified atom stereocenters. The van der Waals surface area contributed by atoms with E-state index in [-0.39, 0.29) is 17.9 Å². The molecule has 0 radical (unpaired) electrons. The van der Waals surface area contributed by atoms with Gasteiger partial charge in [0.1, 0.15) is 6.61 Å². The Bertz CT molecular complexity index is 1220. The van der Waals surface area contributed by atoms with Crippen molar-refractivity contribution in [3.8, 4) is 17.6 Å². The van der Waals surface area contributed by atoms with Crippen LogP contribution >= 0.6 is 23.2 Å². The fraction of sp³-hybridized carbons (Fsp3) is 0.125. The molecule has 0 amide bonds. The summed E-state index contributed by atoms with van der Waals surface area (Å²) < 4.78 is 11.6. The van der Waals surface area contributed by atoms with Crippen molar-refractivity contribution in [3.63, 3.8) is 0 Å². The number of nitriles is 1. The highest BCUT2D eigenvalue weighted by Gasteiger charge is 2.15. The second-order valence-electron chi connectivity index (χ2n) is 6.62. The van der Waals surface area contributed by atoms with E-state index in [9.17, 15) is 15.4 Å². The minimum absolute atomic E-state index is 0.0972. The Kier molecular flexibility index (Phi) is 7.72. The van der Waals surface area contributed by atoms with Crippen LogP contribution in [-0.2, 0) is 6.61 Å². The van der Waals surface area contributed by atoms with Gasteiger partial charge in [-0.05, 0) is 42.3 Å². The van der Waals surface area contributed by atoms with Gasteiger partial charge in [0.15, 0.2) is 11.5 Å². The van der Waals surface area contributed by atoms with Gasteiger partial charge in [-0.15, -0.1) is 0 Å². The molecule has 0 aliphatic heterocycles. The molecule has 32 heavy (non-hydrogen) atoms. The Labute approximate surface area is 195 Å². The molecule has 8 heteroatoms. The van der Waals surface area contributed by atoms with E-state index in [1.807, 2.05) is 25.1 Å². The zero-order valence-corrected chi connectivity index (χ0v) is 18.6. The van der Waals surface area contributed by atoms with E-state index in [4.69, 9.17) is 32.7 Å². The first-order chi connectivity index (χ1) is 15.4. The summed E-state index contributed by atoms with van der Waals surface area (Å²) in [5, 5.41) is 21.5. The van der Waals surface area contributed by atoms with E-state index in [2.05, 4.69) is 6.07 Å². The predicted molar refractivity (Wildman–Crippen MR) is 125 cm³/mol. The lowest BCUT2D eigenvalue weighted by atomic mass is 10.0. The Morgan fingerprint density at radius 3 is 2.56 bits per heavy atom. The maximum Gasteiger partial charge on any atom is 0.270 e. The SMILES string of the molecule is CCOc1cc(C=C(C#N)c2cccc([N+](=O)[O-])c2)cc(Cl)c1OCc1ccccc1Cl. The molecule has 3 aromatic rings. The third kappa shape index (κ3) is 5.58. The second-order valence-corrected chi connectivity index (χ2v) is 7.43. The maximum absolute atomic E-state index is 11.1. The number of nitro benzene ring substituents is 1. The van der Waals surface area contributed by atoms with Crippen LogP contribution in [0.4, 0.5) is 5.69 Å². The zero-order chi connectivity index (χ0) is 23.1. The summed E-state index contributed by atoms with van der Waals surface area (Å²) in [4.78, 5) is 10.5. The minimum atomic E-state index is -0.506. The van der Waals surface area contributed by atoms with Crippen molar-refractivity contribution in [2.24, 2.45) is 0 Å². The normalized spacial score (nSPS) is 11.0. The van der Waals surface area contributed by atoms with Gasteiger partial charge in [0.05, 0.1) is 28.2 Å². The summed E-state index contributed by atoms with van der Waals surface area (Å²) in [6.45, 7) is 2.41. The molecule has 0 saturated carbocycles. The van der Waals surface area contributed by atoms with Crippen molar-refractivity contribution in [1.82, 2.24) is 0 Å². The lowest BCUT2D eigenvalue weighted by Gasteiger charge is -2.15. The lowest BCUT2D eigenvalue weighted by Crippen LogP contribution is -2.01. The van der Waals surface area contributed by atoms with E-state index in [1.165, 1.54) is 18.2 Å². The van der Waals surface area contributed by atoms with Crippen LogP contribution in [0.2, 0.25) is 10.0 Å². The van der Waals surface area contributed by atoms with Gasteiger partial charge in [0.25, 0.3) is 5.69 Å². The number of hydrogen-bond acceptors (Lipinski definition) is 5. The summed E-state index contributed by atoms with van der Waals surface area (Å²) in [6.07, 6.45) is 1.59. The van der Waals surface area contributed by atoms with Crippen LogP contribution in [0, 0.1) is 21.4 Å². The number of hydrogen-bond donors (Lipinski definition) is 0. The second kappa shape index (κ2) is 10.7. The summed E-state index contributed by atoms with van der Waals surface area (Å²) >= 11 is 12.7. The monoisotopic (exact) mass is 468 g/mol. The predicted octanol–water partition coefficient (Wildman–Crippen LogP) is 6.94. The molecule has 0 spiro atoms. The molecular weight excluding hydrogens is 451 g/mol. The summed E-state index contributed by atoms with van der Waals surface area (Å²) in [6, 6.07) is 18.6. The molecule has 3 aromatic carbocycles. The van der Waals surface area contributed by atoms with Crippen LogP contribution in [0.15, 0.2) is 60.7 Å². The highest BCUT2D eigenvalue weighted by Crippen LogP contribution is 2.38. The van der Waals surface area contributed by atoms with E-state index < -0.39 is 4.92 Å². The standard InChI is InChI=1S/C24H18Cl2N2O4/c1-2-31-23-12-16(10-19(14-27)17-7-5-8-20(13-17)28(29)30)11-22(26)24(23)32-15-18-6-3-4-9-21(18)25/h3-13H,2,15H2,1H3. The molecule has 0 fully saturated rings. The number of non-ortho nitro benzene ring substituents is 1. The van der Waals surface area contributed by atoms with Gasteiger partial charge in [-0.2, -0.15) is 5.26 Å². The lowest BCUT2D eigenvalue weighted by molar-refractivity contribution is -0.384. The number of halogens is 2. The van der Waals surface area contributed by atoms with Crippen molar-refractivity contribution in [3.05, 3.63) is 97.5 Å². The van der Waals surface area contributed by atoms with Gasteiger partial charge in [-0.3, -0.25) is 10.1 Å². The number of rotatable bonds is 8. The van der Waals surface area contributed by atoms with Gasteiger partial charge < -0.3 is 9.47 Å². The molecule has 0 bridgehead atoms. The third-order valence-electron chi connectivity index (χ3n) is 4.46. The van der Waals surface area contributed by atoms with Crippen LogP contribution < -0.4 is 9.47 Å². The van der Waals surface area contributed by atoms with E-state index in [0.29, 0.717) is 39.3 Å². The number of benzene rings is 3. The summed E-state index contributed by atoms with van der Waals surface area (Å²) in [5.41, 5.74) is 1.97. The summed E-state index contributed by atoms with van der Waals surface area (Å²) in [7, 11) is 0. The molecular formula is C24H18Cl2N2O4. The third-order valence-corrected chi connectivity index (χ3v) is 5.11. The molecule has 0 aliphatic carbocycles. The van der Waals surface area contributed by atoms with Gasteiger partial charge in [0, 0.05) is 22.7 Å².